The van der Waals surface area contributed by atoms with E-state index in [2.05, 4.69) is 5.32 Å². The molecule has 1 N–H and O–H groups in total. The number of hydrogen-bond acceptors (Lipinski definition) is 5. The molecular weight excluding hydrogens is 386 g/mol. The number of hydrogen-bond donors (Lipinski definition) is 1. The molecule has 2 aliphatic heterocycles. The SMILES string of the molecule is Cc1ccc(-n2nc3c(c2NC(=O)/C=C/c2ccc4c(c2)OCO4)CSC3)cc1. The molecule has 0 spiro atoms. The van der Waals surface area contributed by atoms with E-state index in [0.717, 1.165) is 45.6 Å². The van der Waals surface area contributed by atoms with Crippen molar-refractivity contribution in [2.24, 2.45) is 0 Å². The second kappa shape index (κ2) is 7.33. The average molecular weight is 405 g/mol. The molecule has 0 aliphatic carbocycles. The highest BCUT2D eigenvalue weighted by molar-refractivity contribution is 7.98. The first kappa shape index (κ1) is 17.9. The Morgan fingerprint density at radius 2 is 1.97 bits per heavy atom. The van der Waals surface area contributed by atoms with Gasteiger partial charge < -0.3 is 14.8 Å². The van der Waals surface area contributed by atoms with Crippen LogP contribution < -0.4 is 14.8 Å². The fraction of sp³-hybridized carbons (Fsp3) is 0.182. The topological polar surface area (TPSA) is 65.4 Å². The van der Waals surface area contributed by atoms with Gasteiger partial charge in [-0.2, -0.15) is 16.9 Å². The minimum atomic E-state index is -0.198. The molecule has 7 heteroatoms. The van der Waals surface area contributed by atoms with E-state index in [9.17, 15) is 4.79 Å². The number of amides is 1. The minimum Gasteiger partial charge on any atom is -0.454 e. The van der Waals surface area contributed by atoms with Crippen LogP contribution in [-0.4, -0.2) is 22.5 Å². The largest absolute Gasteiger partial charge is 0.454 e. The highest BCUT2D eigenvalue weighted by Gasteiger charge is 2.24. The molecule has 1 amide bonds. The van der Waals surface area contributed by atoms with Crippen molar-refractivity contribution in [1.29, 1.82) is 0 Å². The van der Waals surface area contributed by atoms with E-state index < -0.39 is 0 Å². The Morgan fingerprint density at radius 3 is 2.83 bits per heavy atom. The van der Waals surface area contributed by atoms with E-state index >= 15 is 0 Å². The van der Waals surface area contributed by atoms with Crippen molar-refractivity contribution in [3.05, 3.63) is 70.9 Å². The zero-order chi connectivity index (χ0) is 19.8. The van der Waals surface area contributed by atoms with Crippen LogP contribution in [0.1, 0.15) is 22.4 Å². The number of carbonyl (C=O) groups excluding carboxylic acids is 1. The Balaban J connectivity index is 1.39. The molecule has 5 rings (SSSR count). The van der Waals surface area contributed by atoms with Gasteiger partial charge in [0, 0.05) is 23.1 Å². The van der Waals surface area contributed by atoms with Crippen LogP contribution in [0.2, 0.25) is 0 Å². The standard InChI is InChI=1S/C22H19N3O3S/c1-14-2-6-16(7-3-14)25-22(17-11-29-12-18(17)24-25)23-21(26)9-5-15-4-8-19-20(10-15)28-13-27-19/h2-10H,11-13H2,1H3,(H,23,26)/b9-5+. The lowest BCUT2D eigenvalue weighted by molar-refractivity contribution is -0.111. The maximum atomic E-state index is 12.7. The molecule has 6 nitrogen and oxygen atoms in total. The molecule has 0 bridgehead atoms. The van der Waals surface area contributed by atoms with Crippen LogP contribution in [0.15, 0.2) is 48.5 Å². The lowest BCUT2D eigenvalue weighted by atomic mass is 10.2. The van der Waals surface area contributed by atoms with Crippen LogP contribution in [0, 0.1) is 6.92 Å². The molecule has 2 aromatic carbocycles. The molecule has 0 radical (unpaired) electrons. The van der Waals surface area contributed by atoms with Crippen LogP contribution in [0.4, 0.5) is 5.82 Å². The van der Waals surface area contributed by atoms with Crippen LogP contribution in [0.25, 0.3) is 11.8 Å². The van der Waals surface area contributed by atoms with Gasteiger partial charge >= 0.3 is 0 Å². The third-order valence-corrected chi connectivity index (χ3v) is 5.87. The van der Waals surface area contributed by atoms with E-state index in [1.54, 1.807) is 6.08 Å². The zero-order valence-corrected chi connectivity index (χ0v) is 16.7. The maximum absolute atomic E-state index is 12.7. The van der Waals surface area contributed by atoms with Crippen molar-refractivity contribution in [3.8, 4) is 17.2 Å². The first-order chi connectivity index (χ1) is 14.2. The molecule has 146 valence electrons. The second-order valence-corrected chi connectivity index (χ2v) is 7.93. The predicted molar refractivity (Wildman–Crippen MR) is 114 cm³/mol. The normalized spacial score (nSPS) is 14.4. The summed E-state index contributed by atoms with van der Waals surface area (Å²) >= 11 is 1.81. The van der Waals surface area contributed by atoms with Gasteiger partial charge in [0.1, 0.15) is 5.82 Å². The predicted octanol–water partition coefficient (Wildman–Crippen LogP) is 4.31. The lowest BCUT2D eigenvalue weighted by Gasteiger charge is -2.10. The number of rotatable bonds is 4. The third-order valence-electron chi connectivity index (χ3n) is 4.90. The summed E-state index contributed by atoms with van der Waals surface area (Å²) in [5.74, 6) is 3.68. The number of aryl methyl sites for hydroxylation is 1. The number of ether oxygens (including phenoxy) is 2. The van der Waals surface area contributed by atoms with Gasteiger partial charge in [0.2, 0.25) is 12.7 Å². The molecule has 0 saturated heterocycles. The first-order valence-corrected chi connectivity index (χ1v) is 10.5. The summed E-state index contributed by atoms with van der Waals surface area (Å²) in [6, 6.07) is 13.7. The Kier molecular flexibility index (Phi) is 4.52. The summed E-state index contributed by atoms with van der Waals surface area (Å²) < 4.78 is 12.5. The van der Waals surface area contributed by atoms with E-state index in [4.69, 9.17) is 14.6 Å². The number of benzene rings is 2. The molecule has 0 atom stereocenters. The number of nitrogens with zero attached hydrogens (tertiary/aromatic N) is 2. The number of aromatic nitrogens is 2. The van der Waals surface area contributed by atoms with Crippen LogP contribution in [0.3, 0.4) is 0 Å². The van der Waals surface area contributed by atoms with Crippen LogP contribution >= 0.6 is 11.8 Å². The maximum Gasteiger partial charge on any atom is 0.249 e. The number of nitrogens with one attached hydrogen (secondary N) is 1. The lowest BCUT2D eigenvalue weighted by Crippen LogP contribution is -2.13. The smallest absolute Gasteiger partial charge is 0.249 e. The fourth-order valence-electron chi connectivity index (χ4n) is 3.36. The first-order valence-electron chi connectivity index (χ1n) is 9.32. The summed E-state index contributed by atoms with van der Waals surface area (Å²) in [5, 5.41) is 7.76. The molecular formula is C22H19N3O3S. The number of carbonyl (C=O) groups is 1. The van der Waals surface area contributed by atoms with Crippen molar-refractivity contribution in [3.63, 3.8) is 0 Å². The highest BCUT2D eigenvalue weighted by Crippen LogP contribution is 2.36. The van der Waals surface area contributed by atoms with E-state index in [1.165, 1.54) is 11.6 Å². The molecule has 3 aromatic rings. The van der Waals surface area contributed by atoms with Gasteiger partial charge in [-0.25, -0.2) is 4.68 Å². The summed E-state index contributed by atoms with van der Waals surface area (Å²) in [6.45, 7) is 2.28. The molecule has 3 heterocycles. The Bertz CT molecular complexity index is 1120. The van der Waals surface area contributed by atoms with Crippen LogP contribution in [-0.2, 0) is 16.3 Å². The summed E-state index contributed by atoms with van der Waals surface area (Å²) in [6.07, 6.45) is 3.29. The van der Waals surface area contributed by atoms with Crippen LogP contribution in [0.5, 0.6) is 11.5 Å². The molecule has 0 unspecified atom stereocenters. The summed E-state index contributed by atoms with van der Waals surface area (Å²) in [4.78, 5) is 12.7. The van der Waals surface area contributed by atoms with Gasteiger partial charge in [0.05, 0.1) is 11.4 Å². The monoisotopic (exact) mass is 405 g/mol. The quantitative estimate of drug-likeness (QED) is 0.656. The van der Waals surface area contributed by atoms with E-state index in [0.29, 0.717) is 5.75 Å². The van der Waals surface area contributed by atoms with Gasteiger partial charge in [0.25, 0.3) is 0 Å². The molecule has 29 heavy (non-hydrogen) atoms. The fourth-order valence-corrected chi connectivity index (χ4v) is 4.40. The number of thioether (sulfide) groups is 1. The average Bonchev–Trinajstić information content (AvgIpc) is 3.44. The van der Waals surface area contributed by atoms with Crippen molar-refractivity contribution in [2.75, 3.05) is 12.1 Å². The molecule has 2 aliphatic rings. The molecule has 1 aromatic heterocycles. The number of anilines is 1. The van der Waals surface area contributed by atoms with E-state index in [1.807, 2.05) is 65.8 Å². The number of fused-ring (bicyclic) bond motifs is 2. The third kappa shape index (κ3) is 3.49. The van der Waals surface area contributed by atoms with Crippen molar-refractivity contribution >= 4 is 29.6 Å². The van der Waals surface area contributed by atoms with Gasteiger partial charge in [-0.1, -0.05) is 23.8 Å². The Hall–Kier alpha value is -3.19. The molecule has 0 saturated carbocycles. The van der Waals surface area contributed by atoms with Gasteiger partial charge in [-0.05, 0) is 42.8 Å². The van der Waals surface area contributed by atoms with Crippen molar-refractivity contribution in [1.82, 2.24) is 9.78 Å². The minimum absolute atomic E-state index is 0.198. The molecule has 0 fully saturated rings. The van der Waals surface area contributed by atoms with Crippen molar-refractivity contribution < 1.29 is 14.3 Å². The second-order valence-electron chi connectivity index (χ2n) is 6.95. The zero-order valence-electron chi connectivity index (χ0n) is 15.8. The van der Waals surface area contributed by atoms with Gasteiger partial charge in [-0.15, -0.1) is 0 Å². The Morgan fingerprint density at radius 1 is 1.14 bits per heavy atom. The van der Waals surface area contributed by atoms with Crippen molar-refractivity contribution in [2.45, 2.75) is 18.4 Å². The van der Waals surface area contributed by atoms with Gasteiger partial charge in [0.15, 0.2) is 11.5 Å². The summed E-state index contributed by atoms with van der Waals surface area (Å²) in [5.41, 5.74) is 5.12. The van der Waals surface area contributed by atoms with Gasteiger partial charge in [-0.3, -0.25) is 4.79 Å². The summed E-state index contributed by atoms with van der Waals surface area (Å²) in [7, 11) is 0. The highest BCUT2D eigenvalue weighted by atomic mass is 32.2. The Labute approximate surface area is 172 Å². The van der Waals surface area contributed by atoms with E-state index in [-0.39, 0.29) is 12.7 Å².